The monoisotopic (exact) mass is 507 g/mol. The first-order chi connectivity index (χ1) is 17.2. The van der Waals surface area contributed by atoms with Gasteiger partial charge in [-0.1, -0.05) is 13.8 Å². The van der Waals surface area contributed by atoms with E-state index < -0.39 is 28.3 Å². The van der Waals surface area contributed by atoms with Gasteiger partial charge in [0.15, 0.2) is 5.60 Å². The molecule has 0 unspecified atom stereocenters. The van der Waals surface area contributed by atoms with Gasteiger partial charge in [-0.15, -0.1) is 0 Å². The smallest absolute Gasteiger partial charge is 0.303 e. The lowest BCUT2D eigenvalue weighted by Gasteiger charge is -2.71. The first kappa shape index (κ1) is 24.2. The summed E-state index contributed by atoms with van der Waals surface area (Å²) in [6, 6.07) is -0.224. The summed E-state index contributed by atoms with van der Waals surface area (Å²) in [5, 5.41) is 13.4. The predicted octanol–water partition coefficient (Wildman–Crippen LogP) is 1.35. The molecule has 2 saturated heterocycles. The Kier molecular flexibility index (Phi) is 4.87. The van der Waals surface area contributed by atoms with Crippen molar-refractivity contribution in [1.82, 2.24) is 4.90 Å². The molecule has 202 valence electrons. The van der Waals surface area contributed by atoms with Crippen LogP contribution >= 0.6 is 0 Å². The number of esters is 1. The zero-order chi connectivity index (χ0) is 25.5. The van der Waals surface area contributed by atoms with Crippen molar-refractivity contribution in [2.24, 2.45) is 28.6 Å². The van der Waals surface area contributed by atoms with E-state index in [9.17, 15) is 9.90 Å². The second-order valence-electron chi connectivity index (χ2n) is 12.9. The van der Waals surface area contributed by atoms with Crippen molar-refractivity contribution in [3.63, 3.8) is 0 Å². The quantitative estimate of drug-likeness (QED) is 0.553. The fraction of sp³-hybridized carbons (Fsp3) is 0.963. The van der Waals surface area contributed by atoms with Crippen LogP contribution in [0.4, 0.5) is 0 Å². The Morgan fingerprint density at radius 3 is 2.53 bits per heavy atom. The second-order valence-corrected chi connectivity index (χ2v) is 12.9. The molecule has 36 heavy (non-hydrogen) atoms. The van der Waals surface area contributed by atoms with Gasteiger partial charge in [0.05, 0.1) is 35.4 Å². The lowest BCUT2D eigenvalue weighted by Crippen LogP contribution is -2.85. The molecule has 5 saturated carbocycles. The van der Waals surface area contributed by atoms with Gasteiger partial charge in [-0.05, 0) is 31.2 Å². The van der Waals surface area contributed by atoms with Gasteiger partial charge in [0.2, 0.25) is 0 Å². The van der Waals surface area contributed by atoms with Gasteiger partial charge in [-0.2, -0.15) is 0 Å². The molecule has 0 amide bonds. The molecule has 13 atom stereocenters. The Labute approximate surface area is 213 Å². The lowest BCUT2D eigenvalue weighted by atomic mass is 9.41. The number of likely N-dealkylation sites (N-methyl/N-ethyl adjacent to an activating group) is 1. The third-order valence-corrected chi connectivity index (χ3v) is 12.2. The summed E-state index contributed by atoms with van der Waals surface area (Å²) in [7, 11) is 5.23. The van der Waals surface area contributed by atoms with E-state index in [2.05, 4.69) is 18.7 Å². The SMILES string of the molecule is CCN1C[C@]2(C)CC[C@H](OC)[C@]34[C@@H]2[C@H](OC(C)=O)[C@@]2(OCO[C@@]25C[C@@H](OC)[C@H]2C[C@]3(O)[C@@H]5[C@H]2OC)[C@@H]14. The number of fused-ring (bicyclic) bond motifs is 1. The molecular weight excluding hydrogens is 466 g/mol. The van der Waals surface area contributed by atoms with E-state index in [1.165, 1.54) is 6.92 Å². The molecule has 7 rings (SSSR count). The van der Waals surface area contributed by atoms with Crippen molar-refractivity contribution >= 4 is 5.97 Å². The van der Waals surface area contributed by atoms with E-state index in [1.807, 2.05) is 0 Å². The summed E-state index contributed by atoms with van der Waals surface area (Å²) in [4.78, 5) is 15.3. The van der Waals surface area contributed by atoms with Gasteiger partial charge in [-0.25, -0.2) is 0 Å². The van der Waals surface area contributed by atoms with Gasteiger partial charge in [0, 0.05) is 59.0 Å². The number of hydrogen-bond acceptors (Lipinski definition) is 9. The minimum atomic E-state index is -1.16. The number of piperidine rings is 1. The van der Waals surface area contributed by atoms with Crippen LogP contribution in [0.15, 0.2) is 0 Å². The summed E-state index contributed by atoms with van der Waals surface area (Å²) in [6.45, 7) is 7.72. The zero-order valence-electron chi connectivity index (χ0n) is 22.3. The summed E-state index contributed by atoms with van der Waals surface area (Å²) in [5.74, 6) is -0.771. The van der Waals surface area contributed by atoms with Crippen LogP contribution < -0.4 is 0 Å². The number of rotatable bonds is 5. The summed E-state index contributed by atoms with van der Waals surface area (Å²) in [6.07, 6.45) is 1.69. The Hall–Kier alpha value is -0.810. The highest BCUT2D eigenvalue weighted by Crippen LogP contribution is 2.83. The van der Waals surface area contributed by atoms with Gasteiger partial charge >= 0.3 is 5.97 Å². The highest BCUT2D eigenvalue weighted by atomic mass is 16.7. The van der Waals surface area contributed by atoms with E-state index in [-0.39, 0.29) is 60.3 Å². The molecule has 7 fully saturated rings. The minimum absolute atomic E-state index is 0.0317. The largest absolute Gasteiger partial charge is 0.459 e. The second kappa shape index (κ2) is 7.23. The lowest BCUT2D eigenvalue weighted by molar-refractivity contribution is -0.332. The van der Waals surface area contributed by atoms with Crippen molar-refractivity contribution in [2.45, 2.75) is 93.7 Å². The predicted molar refractivity (Wildman–Crippen MR) is 126 cm³/mol. The van der Waals surface area contributed by atoms with Crippen LogP contribution in [0.1, 0.15) is 46.5 Å². The van der Waals surface area contributed by atoms with Gasteiger partial charge in [0.1, 0.15) is 18.5 Å². The highest BCUT2D eigenvalue weighted by molar-refractivity contribution is 5.67. The third-order valence-electron chi connectivity index (χ3n) is 12.2. The summed E-state index contributed by atoms with van der Waals surface area (Å²) >= 11 is 0. The molecule has 0 aromatic heterocycles. The molecule has 5 aliphatic carbocycles. The first-order valence-electron chi connectivity index (χ1n) is 13.7. The minimum Gasteiger partial charge on any atom is -0.459 e. The van der Waals surface area contributed by atoms with E-state index in [0.717, 1.165) is 25.9 Å². The molecule has 2 aliphatic heterocycles. The summed E-state index contributed by atoms with van der Waals surface area (Å²) in [5.41, 5.74) is -3.94. The third kappa shape index (κ3) is 2.16. The van der Waals surface area contributed by atoms with Crippen molar-refractivity contribution < 1.29 is 38.3 Å². The van der Waals surface area contributed by atoms with Crippen LogP contribution in [0.5, 0.6) is 0 Å². The Balaban J connectivity index is 1.61. The fourth-order valence-electron chi connectivity index (χ4n) is 11.7. The maximum atomic E-state index is 13.4. The zero-order valence-corrected chi connectivity index (χ0v) is 22.3. The standard InChI is InChI=1S/C27H41NO8/c1-7-28-12-23(3)9-8-17(32-5)26-20(23)21(36-14(2)29)27(22(26)28)25(34-13-35-27)11-16(31-4)15-10-24(26,30)19(25)18(15)33-6/h15-22,30H,7-13H2,1-6H3/t15-,16-,17+,18+,19+,20-,21+,22+,23+,24+,25-,26-,27-/m1/s1. The number of methoxy groups -OCH3 is 3. The molecule has 9 heteroatoms. The van der Waals surface area contributed by atoms with E-state index >= 15 is 0 Å². The van der Waals surface area contributed by atoms with Crippen molar-refractivity contribution in [1.29, 1.82) is 0 Å². The van der Waals surface area contributed by atoms with Crippen LogP contribution in [0.25, 0.3) is 0 Å². The molecule has 0 aromatic rings. The molecule has 3 spiro atoms. The fourth-order valence-corrected chi connectivity index (χ4v) is 11.7. The van der Waals surface area contributed by atoms with E-state index in [0.29, 0.717) is 12.8 Å². The van der Waals surface area contributed by atoms with E-state index in [1.54, 1.807) is 21.3 Å². The molecule has 1 N–H and O–H groups in total. The van der Waals surface area contributed by atoms with Crippen LogP contribution in [0.3, 0.4) is 0 Å². The first-order valence-corrected chi connectivity index (χ1v) is 13.7. The van der Waals surface area contributed by atoms with Crippen LogP contribution in [0, 0.1) is 28.6 Å². The topological polar surface area (TPSA) is 95.9 Å². The Morgan fingerprint density at radius 2 is 1.89 bits per heavy atom. The Bertz CT molecular complexity index is 979. The van der Waals surface area contributed by atoms with E-state index in [4.69, 9.17) is 28.4 Å². The number of likely N-dealkylation sites (tertiary alicyclic amines) is 1. The van der Waals surface area contributed by atoms with Crippen LogP contribution in [-0.4, -0.2) is 104 Å². The average Bonchev–Trinajstić information content (AvgIpc) is 3.40. The molecule has 2 heterocycles. The molecular formula is C27H41NO8. The highest BCUT2D eigenvalue weighted by Gasteiger charge is 2.97. The average molecular weight is 508 g/mol. The van der Waals surface area contributed by atoms with Gasteiger partial charge in [0.25, 0.3) is 0 Å². The normalized spacial score (nSPS) is 60.2. The summed E-state index contributed by atoms with van der Waals surface area (Å²) < 4.78 is 38.7. The maximum Gasteiger partial charge on any atom is 0.303 e. The number of aliphatic hydroxyl groups is 1. The molecule has 7 aliphatic rings. The van der Waals surface area contributed by atoms with Crippen LogP contribution in [0.2, 0.25) is 0 Å². The maximum absolute atomic E-state index is 13.4. The number of ether oxygens (including phenoxy) is 6. The van der Waals surface area contributed by atoms with Crippen LogP contribution in [-0.2, 0) is 33.2 Å². The van der Waals surface area contributed by atoms with Crippen molar-refractivity contribution in [3.05, 3.63) is 0 Å². The molecule has 9 nitrogen and oxygen atoms in total. The molecule has 0 radical (unpaired) electrons. The van der Waals surface area contributed by atoms with Gasteiger partial charge in [-0.3, -0.25) is 9.69 Å². The van der Waals surface area contributed by atoms with Gasteiger partial charge < -0.3 is 33.5 Å². The van der Waals surface area contributed by atoms with Crippen molar-refractivity contribution in [2.75, 3.05) is 41.2 Å². The number of carbonyl (C=O) groups excluding carboxylic acids is 1. The molecule has 0 aromatic carbocycles. The molecule has 7 bridgehead atoms. The number of hydrogen-bond donors (Lipinski definition) is 1. The Morgan fingerprint density at radius 1 is 1.11 bits per heavy atom. The number of nitrogens with zero attached hydrogens (tertiary/aromatic N) is 1. The number of carbonyl (C=O) groups is 1. The van der Waals surface area contributed by atoms with Crippen molar-refractivity contribution in [3.8, 4) is 0 Å².